The zero-order valence-electron chi connectivity index (χ0n) is 9.96. The zero-order chi connectivity index (χ0) is 11.4. The molecular formula is C12H21N3S. The number of nitrogens with one attached hydrogen (secondary N) is 1. The molecule has 1 saturated carbocycles. The van der Waals surface area contributed by atoms with Crippen LogP contribution in [0.5, 0.6) is 0 Å². The van der Waals surface area contributed by atoms with Crippen LogP contribution in [-0.2, 0) is 13.1 Å². The van der Waals surface area contributed by atoms with Gasteiger partial charge in [-0.1, -0.05) is 19.8 Å². The number of rotatable bonds is 5. The lowest BCUT2D eigenvalue weighted by Gasteiger charge is -2.23. The molecule has 1 heterocycles. The van der Waals surface area contributed by atoms with Gasteiger partial charge in [-0.25, -0.2) is 4.98 Å². The monoisotopic (exact) mass is 239 g/mol. The Labute approximate surface area is 101 Å². The molecule has 1 aromatic heterocycles. The molecule has 0 radical (unpaired) electrons. The van der Waals surface area contributed by atoms with Crippen molar-refractivity contribution in [3.05, 3.63) is 16.1 Å². The van der Waals surface area contributed by atoms with Crippen LogP contribution in [0.25, 0.3) is 0 Å². The summed E-state index contributed by atoms with van der Waals surface area (Å²) in [4.78, 5) is 4.45. The Hall–Kier alpha value is -0.450. The number of hydrogen-bond donors (Lipinski definition) is 2. The van der Waals surface area contributed by atoms with E-state index in [0.29, 0.717) is 12.0 Å². The van der Waals surface area contributed by atoms with Crippen molar-refractivity contribution in [3.8, 4) is 0 Å². The van der Waals surface area contributed by atoms with E-state index in [1.165, 1.54) is 25.7 Å². The van der Waals surface area contributed by atoms with Crippen molar-refractivity contribution >= 4 is 11.3 Å². The first-order valence-electron chi connectivity index (χ1n) is 6.06. The largest absolute Gasteiger partial charge is 0.325 e. The summed E-state index contributed by atoms with van der Waals surface area (Å²) in [5.74, 6) is 0. The summed E-state index contributed by atoms with van der Waals surface area (Å²) in [5, 5.41) is 6.66. The number of thiazole rings is 1. The van der Waals surface area contributed by atoms with Crippen molar-refractivity contribution < 1.29 is 0 Å². The topological polar surface area (TPSA) is 50.9 Å². The molecule has 1 fully saturated rings. The van der Waals surface area contributed by atoms with E-state index in [9.17, 15) is 0 Å². The normalized spacial score (nSPS) is 19.1. The number of nitrogens with two attached hydrogens (primary N) is 1. The minimum atomic E-state index is 0.521. The summed E-state index contributed by atoms with van der Waals surface area (Å²) in [6.45, 7) is 4.94. The third-order valence-electron chi connectivity index (χ3n) is 3.44. The van der Waals surface area contributed by atoms with E-state index in [2.05, 4.69) is 22.6 Å². The van der Waals surface area contributed by atoms with Gasteiger partial charge in [0, 0.05) is 25.0 Å². The molecule has 0 amide bonds. The van der Waals surface area contributed by atoms with E-state index < -0.39 is 0 Å². The number of hydrogen-bond acceptors (Lipinski definition) is 4. The fourth-order valence-electron chi connectivity index (χ4n) is 2.42. The molecule has 1 aliphatic rings. The molecule has 0 saturated heterocycles. The van der Waals surface area contributed by atoms with E-state index in [4.69, 9.17) is 5.73 Å². The van der Waals surface area contributed by atoms with E-state index >= 15 is 0 Å². The molecule has 3 N–H and O–H groups in total. The summed E-state index contributed by atoms with van der Waals surface area (Å²) in [7, 11) is 0. The maximum absolute atomic E-state index is 5.54. The molecule has 0 atom stereocenters. The molecule has 3 nitrogen and oxygen atoms in total. The van der Waals surface area contributed by atoms with Gasteiger partial charge in [0.05, 0.1) is 5.69 Å². The fraction of sp³-hybridized carbons (Fsp3) is 0.750. The Bertz CT molecular complexity index is 329. The van der Waals surface area contributed by atoms with Crippen molar-refractivity contribution in [2.75, 3.05) is 6.54 Å². The first-order chi connectivity index (χ1) is 7.72. The summed E-state index contributed by atoms with van der Waals surface area (Å²) in [6.07, 6.45) is 5.52. The minimum absolute atomic E-state index is 0.521. The van der Waals surface area contributed by atoms with Crippen LogP contribution in [0.3, 0.4) is 0 Å². The predicted molar refractivity (Wildman–Crippen MR) is 68.3 cm³/mol. The molecule has 0 spiro atoms. The molecular weight excluding hydrogens is 218 g/mol. The SMILES string of the molecule is CC1(CNCc2csc(CN)n2)CCCC1. The van der Waals surface area contributed by atoms with Crippen molar-refractivity contribution in [2.45, 2.75) is 45.7 Å². The van der Waals surface area contributed by atoms with Crippen molar-refractivity contribution in [1.82, 2.24) is 10.3 Å². The van der Waals surface area contributed by atoms with Crippen molar-refractivity contribution in [1.29, 1.82) is 0 Å². The average Bonchev–Trinajstić information content (AvgIpc) is 2.88. The van der Waals surface area contributed by atoms with Gasteiger partial charge in [-0.15, -0.1) is 11.3 Å². The molecule has 1 aromatic rings. The second kappa shape index (κ2) is 5.25. The van der Waals surface area contributed by atoms with Gasteiger partial charge in [-0.3, -0.25) is 0 Å². The van der Waals surface area contributed by atoms with Crippen molar-refractivity contribution in [3.63, 3.8) is 0 Å². The smallest absolute Gasteiger partial charge is 0.106 e. The van der Waals surface area contributed by atoms with Gasteiger partial charge >= 0.3 is 0 Å². The third-order valence-corrected chi connectivity index (χ3v) is 4.36. The molecule has 4 heteroatoms. The maximum atomic E-state index is 5.54. The van der Waals surface area contributed by atoms with Gasteiger partial charge in [0.1, 0.15) is 5.01 Å². The van der Waals surface area contributed by atoms with Crippen LogP contribution < -0.4 is 11.1 Å². The van der Waals surface area contributed by atoms with E-state index in [0.717, 1.165) is 23.8 Å². The lowest BCUT2D eigenvalue weighted by atomic mass is 9.89. The summed E-state index contributed by atoms with van der Waals surface area (Å²) < 4.78 is 0. The first-order valence-corrected chi connectivity index (χ1v) is 6.94. The lowest BCUT2D eigenvalue weighted by Crippen LogP contribution is -2.29. The minimum Gasteiger partial charge on any atom is -0.325 e. The highest BCUT2D eigenvalue weighted by Gasteiger charge is 2.27. The van der Waals surface area contributed by atoms with Gasteiger partial charge in [0.25, 0.3) is 0 Å². The van der Waals surface area contributed by atoms with Crippen LogP contribution in [-0.4, -0.2) is 11.5 Å². The molecule has 0 unspecified atom stereocenters. The Kier molecular flexibility index (Phi) is 3.95. The molecule has 16 heavy (non-hydrogen) atoms. The highest BCUT2D eigenvalue weighted by Crippen LogP contribution is 2.36. The van der Waals surface area contributed by atoms with Crippen molar-refractivity contribution in [2.24, 2.45) is 11.1 Å². The Morgan fingerprint density at radius 3 is 2.88 bits per heavy atom. The third kappa shape index (κ3) is 3.03. The highest BCUT2D eigenvalue weighted by molar-refractivity contribution is 7.09. The summed E-state index contributed by atoms with van der Waals surface area (Å²) >= 11 is 1.66. The van der Waals surface area contributed by atoms with Gasteiger partial charge in [-0.05, 0) is 18.3 Å². The van der Waals surface area contributed by atoms with Crippen LogP contribution in [0.2, 0.25) is 0 Å². The predicted octanol–water partition coefficient (Wildman–Crippen LogP) is 2.27. The van der Waals surface area contributed by atoms with Crippen LogP contribution in [0.15, 0.2) is 5.38 Å². The summed E-state index contributed by atoms with van der Waals surface area (Å²) in [6, 6.07) is 0. The van der Waals surface area contributed by atoms with Crippen LogP contribution in [0.1, 0.15) is 43.3 Å². The molecule has 0 aromatic carbocycles. The summed E-state index contributed by atoms with van der Waals surface area (Å²) in [5.41, 5.74) is 7.19. The average molecular weight is 239 g/mol. The van der Waals surface area contributed by atoms with E-state index in [1.807, 2.05) is 0 Å². The standard InChI is InChI=1S/C12H21N3S/c1-12(4-2-3-5-12)9-14-7-10-8-16-11(6-13)15-10/h8,14H,2-7,9,13H2,1H3. The Morgan fingerprint density at radius 2 is 2.25 bits per heavy atom. The zero-order valence-corrected chi connectivity index (χ0v) is 10.8. The van der Waals surface area contributed by atoms with Crippen LogP contribution >= 0.6 is 11.3 Å². The highest BCUT2D eigenvalue weighted by atomic mass is 32.1. The lowest BCUT2D eigenvalue weighted by molar-refractivity contribution is 0.314. The Morgan fingerprint density at radius 1 is 1.50 bits per heavy atom. The fourth-order valence-corrected chi connectivity index (χ4v) is 3.10. The Balaban J connectivity index is 1.75. The maximum Gasteiger partial charge on any atom is 0.106 e. The second-order valence-corrected chi connectivity index (χ2v) is 6.00. The molecule has 1 aliphatic carbocycles. The quantitative estimate of drug-likeness (QED) is 0.829. The number of nitrogens with zero attached hydrogens (tertiary/aromatic N) is 1. The number of aromatic nitrogens is 1. The van der Waals surface area contributed by atoms with Gasteiger partial charge in [-0.2, -0.15) is 0 Å². The molecule has 0 aliphatic heterocycles. The van der Waals surface area contributed by atoms with Crippen LogP contribution in [0.4, 0.5) is 0 Å². The molecule has 0 bridgehead atoms. The van der Waals surface area contributed by atoms with E-state index in [1.54, 1.807) is 11.3 Å². The van der Waals surface area contributed by atoms with Gasteiger partial charge in [0.15, 0.2) is 0 Å². The van der Waals surface area contributed by atoms with Crippen LogP contribution in [0, 0.1) is 5.41 Å². The second-order valence-electron chi connectivity index (χ2n) is 5.06. The van der Waals surface area contributed by atoms with Gasteiger partial charge < -0.3 is 11.1 Å². The first kappa shape index (κ1) is 12.0. The van der Waals surface area contributed by atoms with E-state index in [-0.39, 0.29) is 0 Å². The molecule has 2 rings (SSSR count). The van der Waals surface area contributed by atoms with Gasteiger partial charge in [0.2, 0.25) is 0 Å². The molecule has 90 valence electrons.